The molecule has 0 saturated heterocycles. The van der Waals surface area contributed by atoms with Crippen LogP contribution in [-0.4, -0.2) is 11.8 Å². The number of hydrogen-bond acceptors (Lipinski definition) is 2. The third kappa shape index (κ3) is 4.22. The lowest BCUT2D eigenvalue weighted by Gasteiger charge is -2.11. The number of hydrogen-bond donors (Lipinski definition) is 2. The number of alkyl halides is 3. The molecule has 0 spiro atoms. The van der Waals surface area contributed by atoms with E-state index in [4.69, 9.17) is 0 Å². The van der Waals surface area contributed by atoms with Crippen LogP contribution < -0.4 is 10.6 Å². The Morgan fingerprint density at radius 1 is 1.00 bits per heavy atom. The van der Waals surface area contributed by atoms with E-state index in [0.717, 1.165) is 18.6 Å². The van der Waals surface area contributed by atoms with E-state index in [9.17, 15) is 22.8 Å². The molecule has 2 N–H and O–H groups in total. The molecule has 0 bridgehead atoms. The number of carbonyl (C=O) groups is 2. The van der Waals surface area contributed by atoms with Gasteiger partial charge in [0.05, 0.1) is 5.56 Å². The van der Waals surface area contributed by atoms with E-state index in [0.29, 0.717) is 11.6 Å². The fourth-order valence-electron chi connectivity index (χ4n) is 2.64. The van der Waals surface area contributed by atoms with Gasteiger partial charge in [-0.1, -0.05) is 19.1 Å². The first-order chi connectivity index (χ1) is 12.2. The van der Waals surface area contributed by atoms with Gasteiger partial charge in [0.1, 0.15) is 0 Å². The van der Waals surface area contributed by atoms with Crippen molar-refractivity contribution in [3.63, 3.8) is 0 Å². The second-order valence-corrected chi connectivity index (χ2v) is 6.42. The van der Waals surface area contributed by atoms with Crippen molar-refractivity contribution < 1.29 is 22.8 Å². The van der Waals surface area contributed by atoms with Crippen LogP contribution in [0.4, 0.5) is 24.5 Å². The van der Waals surface area contributed by atoms with Crippen molar-refractivity contribution in [3.05, 3.63) is 59.7 Å². The predicted octanol–water partition coefficient (Wildman–Crippen LogP) is 4.55. The molecule has 0 aliphatic heterocycles. The summed E-state index contributed by atoms with van der Waals surface area (Å²) in [5.74, 6) is -0.284. The standard InChI is InChI=1S/C19H17F3N2O2/c1-11-8-16(11)18(26)24-14-6-2-4-12(9-14)17(25)23-15-7-3-5-13(10-15)19(20,21)22/h2-7,9-11,16H,8H2,1H3,(H,23,25)(H,24,26). The van der Waals surface area contributed by atoms with E-state index in [1.807, 2.05) is 6.92 Å². The SMILES string of the molecule is CC1CC1C(=O)Nc1cccc(C(=O)Nc2cccc(C(F)(F)F)c2)c1. The molecule has 3 rings (SSSR count). The second kappa shape index (κ2) is 6.82. The molecule has 26 heavy (non-hydrogen) atoms. The molecule has 0 radical (unpaired) electrons. The van der Waals surface area contributed by atoms with Crippen LogP contribution in [0.2, 0.25) is 0 Å². The Kier molecular flexibility index (Phi) is 4.71. The maximum absolute atomic E-state index is 12.7. The molecule has 1 fully saturated rings. The average Bonchev–Trinajstić information content (AvgIpc) is 3.31. The molecule has 2 aromatic rings. The van der Waals surface area contributed by atoms with Crippen LogP contribution in [0.25, 0.3) is 0 Å². The summed E-state index contributed by atoms with van der Waals surface area (Å²) in [5.41, 5.74) is -0.0733. The second-order valence-electron chi connectivity index (χ2n) is 6.42. The van der Waals surface area contributed by atoms with Crippen LogP contribution >= 0.6 is 0 Å². The van der Waals surface area contributed by atoms with Gasteiger partial charge >= 0.3 is 6.18 Å². The molecule has 1 saturated carbocycles. The fourth-order valence-corrected chi connectivity index (χ4v) is 2.64. The Hall–Kier alpha value is -2.83. The van der Waals surface area contributed by atoms with Gasteiger partial charge in [-0.25, -0.2) is 0 Å². The van der Waals surface area contributed by atoms with E-state index in [1.165, 1.54) is 24.3 Å². The Morgan fingerprint density at radius 2 is 1.62 bits per heavy atom. The first-order valence-electron chi connectivity index (χ1n) is 8.13. The number of benzene rings is 2. The highest BCUT2D eigenvalue weighted by Crippen LogP contribution is 2.38. The van der Waals surface area contributed by atoms with Crippen molar-refractivity contribution in [3.8, 4) is 0 Å². The minimum atomic E-state index is -4.48. The normalized spacial score (nSPS) is 18.9. The third-order valence-electron chi connectivity index (χ3n) is 4.29. The number of carbonyl (C=O) groups excluding carboxylic acids is 2. The molecule has 0 heterocycles. The van der Waals surface area contributed by atoms with Crippen molar-refractivity contribution in [1.29, 1.82) is 0 Å². The number of amides is 2. The van der Waals surface area contributed by atoms with Crippen molar-refractivity contribution in [2.45, 2.75) is 19.5 Å². The molecule has 2 unspecified atom stereocenters. The summed E-state index contributed by atoms with van der Waals surface area (Å²) in [6.07, 6.45) is -3.63. The maximum atomic E-state index is 12.7. The van der Waals surface area contributed by atoms with Crippen LogP contribution in [0.15, 0.2) is 48.5 Å². The Labute approximate surface area is 148 Å². The summed E-state index contributed by atoms with van der Waals surface area (Å²) in [6.45, 7) is 1.99. The van der Waals surface area contributed by atoms with Crippen LogP contribution in [0.3, 0.4) is 0 Å². The number of halogens is 3. The third-order valence-corrected chi connectivity index (χ3v) is 4.29. The quantitative estimate of drug-likeness (QED) is 0.838. The Balaban J connectivity index is 1.70. The molecule has 7 heteroatoms. The number of anilines is 2. The van der Waals surface area contributed by atoms with E-state index < -0.39 is 17.6 Å². The summed E-state index contributed by atoms with van der Waals surface area (Å²) < 4.78 is 38.2. The largest absolute Gasteiger partial charge is 0.416 e. The summed E-state index contributed by atoms with van der Waals surface area (Å²) >= 11 is 0. The van der Waals surface area contributed by atoms with Gasteiger partial charge in [-0.2, -0.15) is 13.2 Å². The van der Waals surface area contributed by atoms with Gasteiger partial charge in [0.15, 0.2) is 0 Å². The molecule has 2 amide bonds. The minimum Gasteiger partial charge on any atom is -0.326 e. The van der Waals surface area contributed by atoms with E-state index in [2.05, 4.69) is 10.6 Å². The minimum absolute atomic E-state index is 0.00223. The Morgan fingerprint density at radius 3 is 2.23 bits per heavy atom. The molecule has 0 aromatic heterocycles. The summed E-state index contributed by atoms with van der Waals surface area (Å²) in [4.78, 5) is 24.3. The van der Waals surface area contributed by atoms with E-state index in [1.54, 1.807) is 12.1 Å². The van der Waals surface area contributed by atoms with Gasteiger partial charge in [-0.15, -0.1) is 0 Å². The van der Waals surface area contributed by atoms with Gasteiger partial charge in [0, 0.05) is 22.9 Å². The first-order valence-corrected chi connectivity index (χ1v) is 8.13. The molecule has 1 aliphatic rings. The van der Waals surface area contributed by atoms with Crippen molar-refractivity contribution in [2.24, 2.45) is 11.8 Å². The lowest BCUT2D eigenvalue weighted by atomic mass is 10.1. The number of rotatable bonds is 4. The highest BCUT2D eigenvalue weighted by atomic mass is 19.4. The van der Waals surface area contributed by atoms with Crippen LogP contribution in [0, 0.1) is 11.8 Å². The van der Waals surface area contributed by atoms with Gasteiger partial charge < -0.3 is 10.6 Å². The van der Waals surface area contributed by atoms with Gasteiger partial charge in [-0.05, 0) is 48.7 Å². The van der Waals surface area contributed by atoms with Crippen molar-refractivity contribution in [1.82, 2.24) is 0 Å². The molecule has 2 atom stereocenters. The van der Waals surface area contributed by atoms with Gasteiger partial charge in [-0.3, -0.25) is 9.59 Å². The molecule has 1 aliphatic carbocycles. The molecule has 2 aromatic carbocycles. The van der Waals surface area contributed by atoms with Gasteiger partial charge in [0.2, 0.25) is 5.91 Å². The molecular weight excluding hydrogens is 345 g/mol. The predicted molar refractivity (Wildman–Crippen MR) is 91.7 cm³/mol. The van der Waals surface area contributed by atoms with Crippen LogP contribution in [0.5, 0.6) is 0 Å². The molecule has 136 valence electrons. The lowest BCUT2D eigenvalue weighted by Crippen LogP contribution is -2.16. The van der Waals surface area contributed by atoms with Gasteiger partial charge in [0.25, 0.3) is 5.91 Å². The smallest absolute Gasteiger partial charge is 0.326 e. The molecular formula is C19H17F3N2O2. The topological polar surface area (TPSA) is 58.2 Å². The van der Waals surface area contributed by atoms with E-state index >= 15 is 0 Å². The highest BCUT2D eigenvalue weighted by Gasteiger charge is 2.39. The van der Waals surface area contributed by atoms with Crippen molar-refractivity contribution >= 4 is 23.2 Å². The van der Waals surface area contributed by atoms with Crippen LogP contribution in [-0.2, 0) is 11.0 Å². The maximum Gasteiger partial charge on any atom is 0.416 e. The molecule has 4 nitrogen and oxygen atoms in total. The monoisotopic (exact) mass is 362 g/mol. The Bertz CT molecular complexity index is 849. The summed E-state index contributed by atoms with van der Waals surface area (Å²) in [7, 11) is 0. The lowest BCUT2D eigenvalue weighted by molar-refractivity contribution is -0.137. The average molecular weight is 362 g/mol. The highest BCUT2D eigenvalue weighted by molar-refractivity contribution is 6.05. The summed E-state index contributed by atoms with van der Waals surface area (Å²) in [6, 6.07) is 10.7. The fraction of sp³-hybridized carbons (Fsp3) is 0.263. The van der Waals surface area contributed by atoms with Crippen LogP contribution in [0.1, 0.15) is 29.3 Å². The number of nitrogens with one attached hydrogen (secondary N) is 2. The zero-order chi connectivity index (χ0) is 18.9. The van der Waals surface area contributed by atoms with E-state index in [-0.39, 0.29) is 23.1 Å². The first kappa shape index (κ1) is 18.0. The zero-order valence-corrected chi connectivity index (χ0v) is 13.9. The zero-order valence-electron chi connectivity index (χ0n) is 13.9. The summed E-state index contributed by atoms with van der Waals surface area (Å²) in [5, 5.41) is 5.20. The van der Waals surface area contributed by atoms with Crippen molar-refractivity contribution in [2.75, 3.05) is 10.6 Å².